The normalized spacial score (nSPS) is 15.0. The predicted molar refractivity (Wildman–Crippen MR) is 154 cm³/mol. The number of hydrogen-bond donors (Lipinski definition) is 0. The number of aromatic nitrogens is 4. The molecule has 1 aliphatic rings. The molecule has 0 radical (unpaired) electrons. The summed E-state index contributed by atoms with van der Waals surface area (Å²) < 4.78 is 4.04. The van der Waals surface area contributed by atoms with Gasteiger partial charge in [-0.1, -0.05) is 53.2 Å². The van der Waals surface area contributed by atoms with Crippen LogP contribution in [0.2, 0.25) is 0 Å². The molecule has 0 N–H and O–H groups in total. The van der Waals surface area contributed by atoms with E-state index in [9.17, 15) is 0 Å². The summed E-state index contributed by atoms with van der Waals surface area (Å²) in [5.41, 5.74) is 7.83. The van der Waals surface area contributed by atoms with Crippen molar-refractivity contribution in [3.8, 4) is 0 Å². The maximum atomic E-state index is 4.53. The number of nitrogens with zero attached hydrogens (tertiary/aromatic N) is 6. The Bertz CT molecular complexity index is 1280. The Kier molecular flexibility index (Phi) is 9.04. The molecule has 5 rings (SSSR count). The van der Waals surface area contributed by atoms with Gasteiger partial charge in [0.25, 0.3) is 0 Å². The van der Waals surface area contributed by atoms with E-state index >= 15 is 0 Å². The fourth-order valence-corrected chi connectivity index (χ4v) is 4.99. The van der Waals surface area contributed by atoms with Gasteiger partial charge in [-0.3, -0.25) is 4.90 Å². The van der Waals surface area contributed by atoms with E-state index in [2.05, 4.69) is 105 Å². The van der Waals surface area contributed by atoms with Crippen molar-refractivity contribution in [3.05, 3.63) is 71.3 Å². The fourth-order valence-electron chi connectivity index (χ4n) is 4.99. The van der Waals surface area contributed by atoms with Gasteiger partial charge in [0.1, 0.15) is 0 Å². The minimum Gasteiger partial charge on any atom is -0.302 e. The van der Waals surface area contributed by atoms with Crippen LogP contribution >= 0.6 is 0 Å². The highest BCUT2D eigenvalue weighted by molar-refractivity contribution is 5.56. The average Bonchev–Trinajstić information content (AvgIpc) is 3.46. The molecule has 6 nitrogen and oxygen atoms in total. The van der Waals surface area contributed by atoms with Crippen LogP contribution < -0.4 is 0 Å². The van der Waals surface area contributed by atoms with Gasteiger partial charge in [0.2, 0.25) is 0 Å². The highest BCUT2D eigenvalue weighted by Crippen LogP contribution is 2.26. The Balaban J connectivity index is 0.000000176. The summed E-state index contributed by atoms with van der Waals surface area (Å²) in [5.74, 6) is 1.10. The zero-order valence-electron chi connectivity index (χ0n) is 24.0. The lowest BCUT2D eigenvalue weighted by atomic mass is 9.91. The smallest absolute Gasteiger partial charge is 0.0696 e. The maximum Gasteiger partial charge on any atom is 0.0696 e. The molecule has 1 fully saturated rings. The number of hydrogen-bond acceptors (Lipinski definition) is 4. The van der Waals surface area contributed by atoms with Crippen molar-refractivity contribution in [2.24, 2.45) is 0 Å². The Hall–Kier alpha value is -2.70. The van der Waals surface area contributed by atoms with Crippen molar-refractivity contribution in [2.75, 3.05) is 20.6 Å². The van der Waals surface area contributed by atoms with Gasteiger partial charge in [-0.15, -0.1) is 0 Å². The molecule has 6 heteroatoms. The summed E-state index contributed by atoms with van der Waals surface area (Å²) in [6.45, 7) is 14.1. The highest BCUT2D eigenvalue weighted by Gasteiger charge is 2.22. The molecular weight excluding hydrogens is 456 g/mol. The molecule has 0 aliphatic heterocycles. The second kappa shape index (κ2) is 12.2. The molecule has 0 saturated heterocycles. The van der Waals surface area contributed by atoms with Crippen molar-refractivity contribution in [1.82, 2.24) is 29.0 Å². The molecule has 1 saturated carbocycles. The zero-order valence-corrected chi connectivity index (χ0v) is 24.0. The Morgan fingerprint density at radius 2 is 1.41 bits per heavy atom. The van der Waals surface area contributed by atoms with Gasteiger partial charge in [0, 0.05) is 42.7 Å². The van der Waals surface area contributed by atoms with E-state index in [1.165, 1.54) is 52.5 Å². The predicted octanol–water partition coefficient (Wildman–Crippen LogP) is 6.74. The van der Waals surface area contributed by atoms with Gasteiger partial charge in [-0.2, -0.15) is 10.2 Å². The second-order valence-corrected chi connectivity index (χ2v) is 11.2. The summed E-state index contributed by atoms with van der Waals surface area (Å²) in [6, 6.07) is 9.67. The number of fused-ring (bicyclic) bond motifs is 2. The molecule has 4 aromatic rings. The largest absolute Gasteiger partial charge is 0.302 e. The Labute approximate surface area is 223 Å². The summed E-state index contributed by atoms with van der Waals surface area (Å²) in [4.78, 5) is 4.76. The number of rotatable bonds is 9. The third-order valence-corrected chi connectivity index (χ3v) is 8.10. The topological polar surface area (TPSA) is 41.1 Å². The van der Waals surface area contributed by atoms with Crippen LogP contribution in [0.25, 0.3) is 11.0 Å². The van der Waals surface area contributed by atoms with E-state index in [1.807, 2.05) is 21.4 Å². The van der Waals surface area contributed by atoms with E-state index in [1.54, 1.807) is 0 Å². The zero-order chi connectivity index (χ0) is 26.5. The van der Waals surface area contributed by atoms with E-state index in [-0.39, 0.29) is 0 Å². The van der Waals surface area contributed by atoms with Gasteiger partial charge in [0.05, 0.1) is 23.4 Å². The maximum absolute atomic E-state index is 4.53. The fraction of sp³-hybridized carbons (Fsp3) is 0.548. The molecule has 4 aromatic heterocycles. The lowest BCUT2D eigenvalue weighted by Crippen LogP contribution is -2.36. The molecule has 0 bridgehead atoms. The molecular formula is C31H46N6. The highest BCUT2D eigenvalue weighted by atomic mass is 15.2. The van der Waals surface area contributed by atoms with Gasteiger partial charge in [0.15, 0.2) is 0 Å². The van der Waals surface area contributed by atoms with Crippen LogP contribution in [0.15, 0.2) is 49.1 Å². The number of pyridine rings is 2. The van der Waals surface area contributed by atoms with Gasteiger partial charge >= 0.3 is 0 Å². The van der Waals surface area contributed by atoms with Crippen molar-refractivity contribution < 1.29 is 0 Å². The van der Waals surface area contributed by atoms with Crippen LogP contribution in [-0.2, 0) is 13.1 Å². The van der Waals surface area contributed by atoms with Crippen LogP contribution in [0.5, 0.6) is 0 Å². The first-order chi connectivity index (χ1) is 17.8. The molecule has 0 aromatic carbocycles. The quantitative estimate of drug-likeness (QED) is 0.254. The summed E-state index contributed by atoms with van der Waals surface area (Å²) >= 11 is 0. The van der Waals surface area contributed by atoms with Crippen molar-refractivity contribution in [1.29, 1.82) is 0 Å². The van der Waals surface area contributed by atoms with E-state index in [0.29, 0.717) is 11.8 Å². The monoisotopic (exact) mass is 502 g/mol. The molecule has 37 heavy (non-hydrogen) atoms. The minimum absolute atomic E-state index is 0.525. The molecule has 1 aliphatic carbocycles. The average molecular weight is 503 g/mol. The molecule has 1 unspecified atom stereocenters. The van der Waals surface area contributed by atoms with E-state index < -0.39 is 0 Å². The van der Waals surface area contributed by atoms with Crippen molar-refractivity contribution >= 4 is 11.0 Å². The van der Waals surface area contributed by atoms with Gasteiger partial charge in [-0.05, 0) is 75.0 Å². The SMILES string of the molecule is CCC(C)c1cnn2cc(CN(C)C3CCC3)ccc12.CCN(C)Cc1ccc2c(C(C)C)cnn2c1. The molecule has 200 valence electrons. The first kappa shape index (κ1) is 27.3. The molecule has 0 amide bonds. The summed E-state index contributed by atoms with van der Waals surface area (Å²) in [7, 11) is 4.37. The minimum atomic E-state index is 0.525. The Morgan fingerprint density at radius 3 is 1.92 bits per heavy atom. The summed E-state index contributed by atoms with van der Waals surface area (Å²) in [5, 5.41) is 8.96. The molecule has 4 heterocycles. The van der Waals surface area contributed by atoms with Crippen molar-refractivity contribution in [3.63, 3.8) is 0 Å². The first-order valence-electron chi connectivity index (χ1n) is 14.1. The van der Waals surface area contributed by atoms with Crippen LogP contribution in [0, 0.1) is 0 Å². The standard InChI is InChI=1S/C17H25N3.C14H21N3/c1-4-13(2)16-10-18-20-12-14(8-9-17(16)20)11-19(3)15-6-5-7-15;1-5-16(4)9-12-6-7-14-13(11(2)3)8-15-17(14)10-12/h8-10,12-13,15H,4-7,11H2,1-3H3;6-8,10-11H,5,9H2,1-4H3. The van der Waals surface area contributed by atoms with Crippen molar-refractivity contribution in [2.45, 2.75) is 91.3 Å². The Morgan fingerprint density at radius 1 is 0.838 bits per heavy atom. The van der Waals surface area contributed by atoms with Crippen LogP contribution in [0.4, 0.5) is 0 Å². The molecule has 1 atom stereocenters. The lowest BCUT2D eigenvalue weighted by molar-refractivity contribution is 0.152. The van der Waals surface area contributed by atoms with Gasteiger partial charge < -0.3 is 4.90 Å². The van der Waals surface area contributed by atoms with E-state index in [4.69, 9.17) is 0 Å². The molecule has 0 spiro atoms. The van der Waals surface area contributed by atoms with E-state index in [0.717, 1.165) is 32.1 Å². The van der Waals surface area contributed by atoms with Crippen LogP contribution in [0.3, 0.4) is 0 Å². The van der Waals surface area contributed by atoms with Gasteiger partial charge in [-0.25, -0.2) is 9.03 Å². The lowest BCUT2D eigenvalue weighted by Gasteiger charge is -2.34. The van der Waals surface area contributed by atoms with Crippen LogP contribution in [-0.4, -0.2) is 55.7 Å². The summed E-state index contributed by atoms with van der Waals surface area (Å²) in [6.07, 6.45) is 13.6. The third kappa shape index (κ3) is 6.42. The third-order valence-electron chi connectivity index (χ3n) is 8.10. The van der Waals surface area contributed by atoms with Crippen LogP contribution in [0.1, 0.15) is 94.4 Å². The first-order valence-corrected chi connectivity index (χ1v) is 14.1. The second-order valence-electron chi connectivity index (χ2n) is 11.2.